The van der Waals surface area contributed by atoms with Gasteiger partial charge in [0, 0.05) is 11.8 Å². The van der Waals surface area contributed by atoms with Gasteiger partial charge >= 0.3 is 0 Å². The average molecular weight is 299 g/mol. The van der Waals surface area contributed by atoms with Crippen molar-refractivity contribution in [3.05, 3.63) is 66.0 Å². The van der Waals surface area contributed by atoms with Crippen LogP contribution in [0.3, 0.4) is 0 Å². The van der Waals surface area contributed by atoms with Gasteiger partial charge in [-0.15, -0.1) is 0 Å². The van der Waals surface area contributed by atoms with Crippen molar-refractivity contribution < 1.29 is 13.9 Å². The number of rotatable bonds is 5. The second kappa shape index (κ2) is 7.41. The summed E-state index contributed by atoms with van der Waals surface area (Å²) in [6.45, 7) is 3.91. The Labute approximate surface area is 129 Å². The highest BCUT2D eigenvalue weighted by atomic mass is 19.1. The van der Waals surface area contributed by atoms with Gasteiger partial charge in [-0.1, -0.05) is 18.2 Å². The van der Waals surface area contributed by atoms with E-state index in [-0.39, 0.29) is 17.8 Å². The van der Waals surface area contributed by atoms with Gasteiger partial charge in [0.1, 0.15) is 11.6 Å². The molecule has 0 fully saturated rings. The van der Waals surface area contributed by atoms with Gasteiger partial charge in [-0.3, -0.25) is 4.79 Å². The number of hydrogen-bond donors (Lipinski definition) is 1. The summed E-state index contributed by atoms with van der Waals surface area (Å²) in [7, 11) is 0. The van der Waals surface area contributed by atoms with E-state index in [1.807, 2.05) is 38.1 Å². The van der Waals surface area contributed by atoms with Gasteiger partial charge in [0.05, 0.1) is 6.10 Å². The van der Waals surface area contributed by atoms with E-state index in [1.165, 1.54) is 18.2 Å². The molecule has 2 aromatic rings. The average Bonchev–Trinajstić information content (AvgIpc) is 2.45. The standard InChI is InChI=1S/C18H18FNO2/c1-13(2)22-17-8-3-5-14(11-17)9-10-18(21)20-16-7-4-6-15(19)12-16/h3-13H,1-2H3,(H,20,21)/b10-9+. The van der Waals surface area contributed by atoms with Gasteiger partial charge in [-0.05, 0) is 55.8 Å². The molecule has 0 atom stereocenters. The van der Waals surface area contributed by atoms with Crippen LogP contribution in [0.15, 0.2) is 54.6 Å². The van der Waals surface area contributed by atoms with E-state index in [1.54, 1.807) is 18.2 Å². The van der Waals surface area contributed by atoms with E-state index in [0.29, 0.717) is 5.69 Å². The molecule has 1 N–H and O–H groups in total. The highest BCUT2D eigenvalue weighted by molar-refractivity contribution is 6.01. The Balaban J connectivity index is 2.00. The van der Waals surface area contributed by atoms with Crippen molar-refractivity contribution >= 4 is 17.7 Å². The number of halogens is 1. The van der Waals surface area contributed by atoms with Gasteiger partial charge < -0.3 is 10.1 Å². The lowest BCUT2D eigenvalue weighted by atomic mass is 10.2. The van der Waals surface area contributed by atoms with Crippen LogP contribution in [0.1, 0.15) is 19.4 Å². The molecular formula is C18H18FNO2. The second-order valence-electron chi connectivity index (χ2n) is 5.07. The fourth-order valence-electron chi connectivity index (χ4n) is 1.89. The summed E-state index contributed by atoms with van der Waals surface area (Å²) in [4.78, 5) is 11.8. The summed E-state index contributed by atoms with van der Waals surface area (Å²) in [5.41, 5.74) is 1.28. The highest BCUT2D eigenvalue weighted by Gasteiger charge is 2.00. The minimum Gasteiger partial charge on any atom is -0.491 e. The zero-order valence-corrected chi connectivity index (χ0v) is 12.5. The SMILES string of the molecule is CC(C)Oc1cccc(/C=C/C(=O)Nc2cccc(F)c2)c1. The number of carbonyl (C=O) groups is 1. The molecule has 114 valence electrons. The smallest absolute Gasteiger partial charge is 0.248 e. The highest BCUT2D eigenvalue weighted by Crippen LogP contribution is 2.16. The molecule has 3 nitrogen and oxygen atoms in total. The summed E-state index contributed by atoms with van der Waals surface area (Å²) >= 11 is 0. The van der Waals surface area contributed by atoms with Crippen molar-refractivity contribution in [2.24, 2.45) is 0 Å². The molecule has 0 spiro atoms. The third-order valence-corrected chi connectivity index (χ3v) is 2.75. The zero-order valence-electron chi connectivity index (χ0n) is 12.5. The van der Waals surface area contributed by atoms with Crippen molar-refractivity contribution in [2.75, 3.05) is 5.32 Å². The number of benzene rings is 2. The van der Waals surface area contributed by atoms with Gasteiger partial charge in [0.15, 0.2) is 0 Å². The minimum absolute atomic E-state index is 0.0931. The van der Waals surface area contributed by atoms with Crippen molar-refractivity contribution in [1.29, 1.82) is 0 Å². The molecule has 0 saturated carbocycles. The second-order valence-corrected chi connectivity index (χ2v) is 5.07. The van der Waals surface area contributed by atoms with Crippen LogP contribution < -0.4 is 10.1 Å². The normalized spacial score (nSPS) is 10.9. The topological polar surface area (TPSA) is 38.3 Å². The summed E-state index contributed by atoms with van der Waals surface area (Å²) in [5.74, 6) is 0.0452. The lowest BCUT2D eigenvalue weighted by Gasteiger charge is -2.09. The maximum atomic E-state index is 13.0. The Morgan fingerprint density at radius 3 is 2.68 bits per heavy atom. The first-order valence-electron chi connectivity index (χ1n) is 7.04. The maximum absolute atomic E-state index is 13.0. The summed E-state index contributed by atoms with van der Waals surface area (Å²) < 4.78 is 18.6. The molecule has 0 aromatic heterocycles. The van der Waals surface area contributed by atoms with E-state index < -0.39 is 0 Å². The van der Waals surface area contributed by atoms with Crippen molar-refractivity contribution in [2.45, 2.75) is 20.0 Å². The van der Waals surface area contributed by atoms with Crippen LogP contribution in [0.5, 0.6) is 5.75 Å². The van der Waals surface area contributed by atoms with Crippen molar-refractivity contribution in [3.8, 4) is 5.75 Å². The molecule has 0 radical (unpaired) electrons. The first kappa shape index (κ1) is 15.8. The van der Waals surface area contributed by atoms with E-state index >= 15 is 0 Å². The number of hydrogen-bond acceptors (Lipinski definition) is 2. The Kier molecular flexibility index (Phi) is 5.31. The fourth-order valence-corrected chi connectivity index (χ4v) is 1.89. The van der Waals surface area contributed by atoms with Crippen LogP contribution in [0.2, 0.25) is 0 Å². The minimum atomic E-state index is -0.389. The third-order valence-electron chi connectivity index (χ3n) is 2.75. The predicted octanol–water partition coefficient (Wildman–Crippen LogP) is 4.26. The number of amides is 1. The lowest BCUT2D eigenvalue weighted by molar-refractivity contribution is -0.111. The molecule has 0 saturated heterocycles. The van der Waals surface area contributed by atoms with Crippen molar-refractivity contribution in [3.63, 3.8) is 0 Å². The molecule has 0 bridgehead atoms. The first-order chi connectivity index (χ1) is 10.5. The third kappa shape index (κ3) is 5.05. The van der Waals surface area contributed by atoms with E-state index in [2.05, 4.69) is 5.32 Å². The van der Waals surface area contributed by atoms with Crippen LogP contribution >= 0.6 is 0 Å². The number of ether oxygens (including phenoxy) is 1. The quantitative estimate of drug-likeness (QED) is 0.838. The molecule has 1 amide bonds. The summed E-state index contributed by atoms with van der Waals surface area (Å²) in [6, 6.07) is 13.2. The Morgan fingerprint density at radius 1 is 1.18 bits per heavy atom. The molecule has 4 heteroatoms. The lowest BCUT2D eigenvalue weighted by Crippen LogP contribution is -2.07. The molecular weight excluding hydrogens is 281 g/mol. The Morgan fingerprint density at radius 2 is 1.95 bits per heavy atom. The predicted molar refractivity (Wildman–Crippen MR) is 86.3 cm³/mol. The van der Waals surface area contributed by atoms with Crippen LogP contribution in [0.25, 0.3) is 6.08 Å². The summed E-state index contributed by atoms with van der Waals surface area (Å²) in [5, 5.41) is 2.60. The first-order valence-corrected chi connectivity index (χ1v) is 7.04. The van der Waals surface area contributed by atoms with Gasteiger partial charge in [0.25, 0.3) is 0 Å². The number of carbonyl (C=O) groups excluding carboxylic acids is 1. The number of anilines is 1. The van der Waals surface area contributed by atoms with Crippen LogP contribution in [-0.4, -0.2) is 12.0 Å². The van der Waals surface area contributed by atoms with Gasteiger partial charge in [0.2, 0.25) is 5.91 Å². The Hall–Kier alpha value is -2.62. The Bertz CT molecular complexity index is 680. The molecule has 0 aliphatic rings. The van der Waals surface area contributed by atoms with Gasteiger partial charge in [-0.2, -0.15) is 0 Å². The van der Waals surface area contributed by atoms with Crippen LogP contribution in [-0.2, 0) is 4.79 Å². The molecule has 2 aromatic carbocycles. The van der Waals surface area contributed by atoms with Crippen LogP contribution in [0.4, 0.5) is 10.1 Å². The molecule has 2 rings (SSSR count). The molecule has 0 aliphatic heterocycles. The monoisotopic (exact) mass is 299 g/mol. The molecule has 22 heavy (non-hydrogen) atoms. The van der Waals surface area contributed by atoms with Gasteiger partial charge in [-0.25, -0.2) is 4.39 Å². The van der Waals surface area contributed by atoms with Crippen molar-refractivity contribution in [1.82, 2.24) is 0 Å². The van der Waals surface area contributed by atoms with E-state index in [9.17, 15) is 9.18 Å². The maximum Gasteiger partial charge on any atom is 0.248 e. The fraction of sp³-hybridized carbons (Fsp3) is 0.167. The molecule has 0 heterocycles. The summed E-state index contributed by atoms with van der Waals surface area (Å²) in [6.07, 6.45) is 3.18. The van der Waals surface area contributed by atoms with Crippen LogP contribution in [0, 0.1) is 5.82 Å². The molecule has 0 unspecified atom stereocenters. The largest absolute Gasteiger partial charge is 0.491 e. The molecule has 0 aliphatic carbocycles. The zero-order chi connectivity index (χ0) is 15.9. The number of nitrogens with one attached hydrogen (secondary N) is 1. The van der Waals surface area contributed by atoms with E-state index in [4.69, 9.17) is 4.74 Å². The van der Waals surface area contributed by atoms with E-state index in [0.717, 1.165) is 11.3 Å².